The van der Waals surface area contributed by atoms with Crippen molar-refractivity contribution in [2.24, 2.45) is 11.7 Å². The molecular formula is C42H74N6O13. The van der Waals surface area contributed by atoms with Gasteiger partial charge in [0.1, 0.15) is 12.1 Å². The molecule has 7 N–H and O–H groups in total. The van der Waals surface area contributed by atoms with Crippen molar-refractivity contribution in [2.75, 3.05) is 124 Å². The van der Waals surface area contributed by atoms with Gasteiger partial charge in [0.25, 0.3) is 0 Å². The lowest BCUT2D eigenvalue weighted by molar-refractivity contribution is -0.132. The molecule has 0 aliphatic heterocycles. The quantitative estimate of drug-likeness (QED) is 0.0515. The number of nitrogens with one attached hydrogen (secondary N) is 5. The van der Waals surface area contributed by atoms with Crippen LogP contribution in [0.1, 0.15) is 65.4 Å². The molecule has 6 amide bonds. The Labute approximate surface area is 361 Å². The van der Waals surface area contributed by atoms with Crippen molar-refractivity contribution >= 4 is 35.3 Å². The fraction of sp³-hybridized carbons (Fsp3) is 0.738. The molecule has 0 aromatic heterocycles. The second-order valence-corrected chi connectivity index (χ2v) is 14.1. The minimum absolute atomic E-state index is 0.0338. The van der Waals surface area contributed by atoms with E-state index in [-0.39, 0.29) is 50.3 Å². The number of urea groups is 1. The lowest BCUT2D eigenvalue weighted by Crippen LogP contribution is -2.54. The maximum atomic E-state index is 13.3. The van der Waals surface area contributed by atoms with Crippen molar-refractivity contribution in [1.82, 2.24) is 21.3 Å². The summed E-state index contributed by atoms with van der Waals surface area (Å²) in [6.45, 7) is 14.8. The molecule has 19 nitrogen and oxygen atoms in total. The molecule has 0 spiro atoms. The van der Waals surface area contributed by atoms with Gasteiger partial charge in [-0.25, -0.2) is 4.79 Å². The van der Waals surface area contributed by atoms with E-state index < -0.39 is 29.9 Å². The highest BCUT2D eigenvalue weighted by atomic mass is 16.6. The van der Waals surface area contributed by atoms with E-state index in [1.165, 1.54) is 0 Å². The minimum atomic E-state index is -0.920. The number of hydrogen-bond acceptors (Lipinski definition) is 13. The predicted molar refractivity (Wildman–Crippen MR) is 229 cm³/mol. The van der Waals surface area contributed by atoms with Gasteiger partial charge in [-0.2, -0.15) is 0 Å². The Morgan fingerprint density at radius 3 is 1.48 bits per heavy atom. The van der Waals surface area contributed by atoms with Crippen LogP contribution >= 0.6 is 0 Å². The fourth-order valence-corrected chi connectivity index (χ4v) is 5.27. The molecule has 2 atom stereocenters. The summed E-state index contributed by atoms with van der Waals surface area (Å²) in [5.41, 5.74) is 6.86. The number of carbonyl (C=O) groups is 5. The molecule has 1 rings (SSSR count). The average Bonchev–Trinajstić information content (AvgIpc) is 3.23. The molecule has 0 aliphatic rings. The summed E-state index contributed by atoms with van der Waals surface area (Å²) in [7, 11) is 0. The number of nitrogens with two attached hydrogens (primary N) is 1. The van der Waals surface area contributed by atoms with E-state index in [4.69, 9.17) is 43.6 Å². The lowest BCUT2D eigenvalue weighted by Gasteiger charge is -2.25. The van der Waals surface area contributed by atoms with Gasteiger partial charge in [-0.3, -0.25) is 19.2 Å². The zero-order valence-corrected chi connectivity index (χ0v) is 36.9. The molecule has 0 saturated carbocycles. The molecule has 0 saturated heterocycles. The second kappa shape index (κ2) is 37.8. The van der Waals surface area contributed by atoms with Crippen molar-refractivity contribution in [3.05, 3.63) is 29.8 Å². The third-order valence-electron chi connectivity index (χ3n) is 8.62. The van der Waals surface area contributed by atoms with Crippen LogP contribution in [-0.2, 0) is 63.5 Å². The lowest BCUT2D eigenvalue weighted by atomic mass is 10.0. The van der Waals surface area contributed by atoms with Crippen LogP contribution < -0.4 is 32.3 Å². The molecule has 19 heteroatoms. The number of amides is 6. The Balaban J connectivity index is 2.07. The van der Waals surface area contributed by atoms with Gasteiger partial charge in [0.15, 0.2) is 0 Å². The van der Waals surface area contributed by atoms with E-state index in [9.17, 15) is 24.0 Å². The summed E-state index contributed by atoms with van der Waals surface area (Å²) < 4.78 is 43.8. The van der Waals surface area contributed by atoms with Crippen LogP contribution in [0, 0.1) is 5.92 Å². The van der Waals surface area contributed by atoms with E-state index in [1.807, 2.05) is 26.0 Å². The molecular weight excluding hydrogens is 796 g/mol. The average molecular weight is 871 g/mol. The van der Waals surface area contributed by atoms with Crippen LogP contribution in [0.4, 0.5) is 10.5 Å². The molecule has 0 bridgehead atoms. The predicted octanol–water partition coefficient (Wildman–Crippen LogP) is 1.70. The Bertz CT molecular complexity index is 1310. The molecule has 1 aromatic rings. The molecule has 0 aliphatic carbocycles. The summed E-state index contributed by atoms with van der Waals surface area (Å²) >= 11 is 0. The van der Waals surface area contributed by atoms with Gasteiger partial charge in [0, 0.05) is 31.6 Å². The maximum absolute atomic E-state index is 13.3. The van der Waals surface area contributed by atoms with Gasteiger partial charge in [-0.05, 0) is 49.3 Å². The van der Waals surface area contributed by atoms with E-state index in [1.54, 1.807) is 26.0 Å². The zero-order chi connectivity index (χ0) is 44.8. The van der Waals surface area contributed by atoms with Crippen LogP contribution in [0.2, 0.25) is 0 Å². The van der Waals surface area contributed by atoms with Crippen molar-refractivity contribution in [2.45, 2.75) is 78.3 Å². The van der Waals surface area contributed by atoms with Crippen LogP contribution in [0.25, 0.3) is 0 Å². The number of ether oxygens (including phenoxy) is 8. The highest BCUT2D eigenvalue weighted by Gasteiger charge is 2.29. The molecule has 61 heavy (non-hydrogen) atoms. The largest absolute Gasteiger partial charge is 0.379 e. The normalized spacial score (nSPS) is 12.1. The van der Waals surface area contributed by atoms with Gasteiger partial charge >= 0.3 is 6.03 Å². The summed E-state index contributed by atoms with van der Waals surface area (Å²) in [4.78, 5) is 61.7. The first-order chi connectivity index (χ1) is 29.6. The summed E-state index contributed by atoms with van der Waals surface area (Å²) in [6, 6.07) is 4.94. The monoisotopic (exact) mass is 871 g/mol. The highest BCUT2D eigenvalue weighted by Crippen LogP contribution is 2.12. The smallest absolute Gasteiger partial charge is 0.312 e. The Hall–Kier alpha value is -3.95. The van der Waals surface area contributed by atoms with Gasteiger partial charge < -0.3 is 70.2 Å². The first-order valence-corrected chi connectivity index (χ1v) is 21.5. The van der Waals surface area contributed by atoms with Gasteiger partial charge in [0.05, 0.1) is 106 Å². The maximum Gasteiger partial charge on any atom is 0.312 e. The van der Waals surface area contributed by atoms with E-state index in [2.05, 4.69) is 26.6 Å². The van der Waals surface area contributed by atoms with Crippen molar-refractivity contribution < 1.29 is 61.9 Å². The number of anilines is 1. The van der Waals surface area contributed by atoms with Crippen LogP contribution in [0.5, 0.6) is 0 Å². The standard InChI is InChI=1S/C42H74N6O13/c1-5-8-37(49)44-16-18-55-20-22-57-24-26-59-28-30-61-32-31-60-29-27-58-25-23-56-21-19-54-17-14-38(50)48-39(33(3)4)41(52)47-36(9-7-15-45-42(43)53)40(51)46-35-12-10-34(6-2)11-13-35/h10-13,33,36,39H,5-9,14-32H2,1-4H3,(H,44,49)(H,46,51)(H,47,52)(H,48,50)(H3,43,45,53)/t36-,39-/m0/s1. The molecule has 0 heterocycles. The summed E-state index contributed by atoms with van der Waals surface area (Å²) in [6.07, 6.45) is 2.87. The van der Waals surface area contributed by atoms with E-state index in [0.29, 0.717) is 118 Å². The van der Waals surface area contributed by atoms with Crippen LogP contribution in [-0.4, -0.2) is 161 Å². The van der Waals surface area contributed by atoms with Gasteiger partial charge in [-0.1, -0.05) is 39.8 Å². The number of benzene rings is 1. The third kappa shape index (κ3) is 31.5. The Kier molecular flexibility index (Phi) is 34.1. The van der Waals surface area contributed by atoms with Crippen LogP contribution in [0.3, 0.4) is 0 Å². The van der Waals surface area contributed by atoms with Crippen molar-refractivity contribution in [3.63, 3.8) is 0 Å². The first kappa shape index (κ1) is 55.1. The van der Waals surface area contributed by atoms with E-state index in [0.717, 1.165) is 18.4 Å². The van der Waals surface area contributed by atoms with Gasteiger partial charge in [0.2, 0.25) is 23.6 Å². The first-order valence-electron chi connectivity index (χ1n) is 21.5. The van der Waals surface area contributed by atoms with E-state index >= 15 is 0 Å². The molecule has 0 radical (unpaired) electrons. The second-order valence-electron chi connectivity index (χ2n) is 14.1. The third-order valence-corrected chi connectivity index (χ3v) is 8.62. The number of aryl methyl sites for hydroxylation is 1. The van der Waals surface area contributed by atoms with Crippen molar-refractivity contribution in [3.8, 4) is 0 Å². The van der Waals surface area contributed by atoms with Crippen molar-refractivity contribution in [1.29, 1.82) is 0 Å². The number of rotatable bonds is 40. The van der Waals surface area contributed by atoms with Gasteiger partial charge in [-0.15, -0.1) is 0 Å². The topological polar surface area (TPSA) is 245 Å². The fourth-order valence-electron chi connectivity index (χ4n) is 5.27. The SMILES string of the molecule is CCCC(=O)NCCOCCOCCOCCOCCOCCOCCOCCOCCC(=O)N[C@H](C(=O)N[C@@H](CCCNC(N)=O)C(=O)Nc1ccc(CC)cc1)C(C)C. The highest BCUT2D eigenvalue weighted by molar-refractivity contribution is 5.98. The molecule has 0 fully saturated rings. The number of hydrogen-bond donors (Lipinski definition) is 6. The molecule has 350 valence electrons. The Morgan fingerprint density at radius 2 is 1.03 bits per heavy atom. The zero-order valence-electron chi connectivity index (χ0n) is 36.9. The number of carbonyl (C=O) groups excluding carboxylic acids is 5. The van der Waals surface area contributed by atoms with Crippen LogP contribution in [0.15, 0.2) is 24.3 Å². The minimum Gasteiger partial charge on any atom is -0.379 e. The Morgan fingerprint density at radius 1 is 0.557 bits per heavy atom. The molecule has 0 unspecified atom stereocenters. The summed E-state index contributed by atoms with van der Waals surface area (Å²) in [5.74, 6) is -1.50. The summed E-state index contributed by atoms with van der Waals surface area (Å²) in [5, 5.41) is 13.6. The number of primary amides is 1. The molecule has 1 aromatic carbocycles.